The number of nitrogens with one attached hydrogen (secondary N) is 2. The van der Waals surface area contributed by atoms with E-state index in [1.54, 1.807) is 6.07 Å². The predicted molar refractivity (Wildman–Crippen MR) is 97.8 cm³/mol. The van der Waals surface area contributed by atoms with Gasteiger partial charge in [0.15, 0.2) is 0 Å². The van der Waals surface area contributed by atoms with E-state index in [2.05, 4.69) is 10.3 Å². The molecule has 0 unspecified atom stereocenters. The number of hydrogen-bond acceptors (Lipinski definition) is 3. The fraction of sp³-hybridized carbons (Fsp3) is 0.333. The molecule has 1 heterocycles. The number of aromatic amines is 1. The third-order valence-electron chi connectivity index (χ3n) is 4.26. The summed E-state index contributed by atoms with van der Waals surface area (Å²) >= 11 is 0. The van der Waals surface area contributed by atoms with E-state index in [0.29, 0.717) is 13.0 Å². The first-order chi connectivity index (χ1) is 11.1. The molecule has 0 radical (unpaired) electrons. The Kier molecular flexibility index (Phi) is 6.04. The maximum atomic E-state index is 12.2. The molecular formula is C18H22ClN3O2. The zero-order chi connectivity index (χ0) is 16.2. The van der Waals surface area contributed by atoms with E-state index in [-0.39, 0.29) is 29.4 Å². The molecule has 0 aliphatic heterocycles. The average Bonchev–Trinajstić information content (AvgIpc) is 2.56. The molecule has 3 rings (SSSR count). The topological polar surface area (TPSA) is 88.0 Å². The molecule has 1 aliphatic rings. The SMILES string of the molecule is Cl.Nc1ccc(CCNC(=O)c2cc3c([nH]c2=O)CCCC3)cc1. The Balaban J connectivity index is 0.00000208. The van der Waals surface area contributed by atoms with Crippen LogP contribution in [-0.2, 0) is 19.3 Å². The van der Waals surface area contributed by atoms with E-state index in [0.717, 1.165) is 48.2 Å². The standard InChI is InChI=1S/C18H21N3O2.ClH/c19-14-7-5-12(6-8-14)9-10-20-17(22)15-11-13-3-1-2-4-16(13)21-18(15)23;/h5-8,11H,1-4,9-10,19H2,(H,20,22)(H,21,23);1H. The van der Waals surface area contributed by atoms with E-state index < -0.39 is 0 Å². The molecule has 0 fully saturated rings. The van der Waals surface area contributed by atoms with Gasteiger partial charge in [-0.1, -0.05) is 12.1 Å². The van der Waals surface area contributed by atoms with Gasteiger partial charge in [-0.3, -0.25) is 9.59 Å². The van der Waals surface area contributed by atoms with Crippen LogP contribution >= 0.6 is 12.4 Å². The molecule has 4 N–H and O–H groups in total. The number of H-pyrrole nitrogens is 1. The van der Waals surface area contributed by atoms with Gasteiger partial charge in [0.2, 0.25) is 0 Å². The van der Waals surface area contributed by atoms with E-state index in [4.69, 9.17) is 5.73 Å². The summed E-state index contributed by atoms with van der Waals surface area (Å²) in [5, 5.41) is 2.82. The summed E-state index contributed by atoms with van der Waals surface area (Å²) in [6, 6.07) is 9.31. The molecule has 24 heavy (non-hydrogen) atoms. The van der Waals surface area contributed by atoms with E-state index in [9.17, 15) is 9.59 Å². The largest absolute Gasteiger partial charge is 0.399 e. The van der Waals surface area contributed by atoms with Gasteiger partial charge in [0.25, 0.3) is 11.5 Å². The van der Waals surface area contributed by atoms with Gasteiger partial charge in [-0.05, 0) is 61.4 Å². The second-order valence-electron chi connectivity index (χ2n) is 5.97. The minimum Gasteiger partial charge on any atom is -0.399 e. The molecule has 1 aliphatic carbocycles. The van der Waals surface area contributed by atoms with E-state index in [1.165, 1.54) is 0 Å². The summed E-state index contributed by atoms with van der Waals surface area (Å²) in [5.41, 5.74) is 9.46. The number of carbonyl (C=O) groups is 1. The molecule has 1 aromatic carbocycles. The maximum absolute atomic E-state index is 12.2. The lowest BCUT2D eigenvalue weighted by atomic mass is 9.95. The molecule has 0 saturated heterocycles. The van der Waals surface area contributed by atoms with Gasteiger partial charge in [0, 0.05) is 17.9 Å². The van der Waals surface area contributed by atoms with Crippen molar-refractivity contribution in [1.82, 2.24) is 10.3 Å². The number of benzene rings is 1. The first kappa shape index (κ1) is 18.1. The Bertz CT molecular complexity index is 769. The molecule has 0 bridgehead atoms. The number of aromatic nitrogens is 1. The van der Waals surface area contributed by atoms with Crippen LogP contribution in [0.25, 0.3) is 0 Å². The highest BCUT2D eigenvalue weighted by molar-refractivity contribution is 5.94. The number of pyridine rings is 1. The second kappa shape index (κ2) is 8.02. The van der Waals surface area contributed by atoms with Crippen molar-refractivity contribution in [3.05, 3.63) is 63.1 Å². The highest BCUT2D eigenvalue weighted by atomic mass is 35.5. The van der Waals surface area contributed by atoms with Crippen LogP contribution in [0.15, 0.2) is 35.1 Å². The molecule has 1 amide bonds. The smallest absolute Gasteiger partial charge is 0.261 e. The molecule has 0 saturated carbocycles. The van der Waals surface area contributed by atoms with Crippen molar-refractivity contribution in [2.45, 2.75) is 32.1 Å². The number of fused-ring (bicyclic) bond motifs is 1. The van der Waals surface area contributed by atoms with Gasteiger partial charge < -0.3 is 16.0 Å². The number of carbonyl (C=O) groups excluding carboxylic acids is 1. The number of rotatable bonds is 4. The third kappa shape index (κ3) is 4.17. The van der Waals surface area contributed by atoms with Gasteiger partial charge in [-0.2, -0.15) is 0 Å². The number of halogens is 1. The lowest BCUT2D eigenvalue weighted by Gasteiger charge is -2.15. The molecular weight excluding hydrogens is 326 g/mol. The van der Waals surface area contributed by atoms with Gasteiger partial charge in [-0.25, -0.2) is 0 Å². The number of anilines is 1. The van der Waals surface area contributed by atoms with Crippen molar-refractivity contribution >= 4 is 24.0 Å². The van der Waals surface area contributed by atoms with Crippen LogP contribution in [0.1, 0.15) is 40.0 Å². The van der Waals surface area contributed by atoms with Crippen LogP contribution in [0.2, 0.25) is 0 Å². The van der Waals surface area contributed by atoms with E-state index >= 15 is 0 Å². The minimum atomic E-state index is -0.310. The minimum absolute atomic E-state index is 0. The number of hydrogen-bond donors (Lipinski definition) is 3. The highest BCUT2D eigenvalue weighted by Crippen LogP contribution is 2.18. The number of nitrogens with two attached hydrogens (primary N) is 1. The molecule has 2 aromatic rings. The van der Waals surface area contributed by atoms with Crippen molar-refractivity contribution in [2.24, 2.45) is 0 Å². The van der Waals surface area contributed by atoms with Crippen LogP contribution in [0.4, 0.5) is 5.69 Å². The van der Waals surface area contributed by atoms with Gasteiger partial charge in [0.1, 0.15) is 5.56 Å². The number of amides is 1. The first-order valence-electron chi connectivity index (χ1n) is 8.01. The highest BCUT2D eigenvalue weighted by Gasteiger charge is 2.16. The summed E-state index contributed by atoms with van der Waals surface area (Å²) in [5.74, 6) is -0.310. The number of nitrogen functional groups attached to an aromatic ring is 1. The Morgan fingerprint density at radius 3 is 2.62 bits per heavy atom. The number of aryl methyl sites for hydroxylation is 2. The molecule has 0 atom stereocenters. The van der Waals surface area contributed by atoms with Crippen molar-refractivity contribution in [3.8, 4) is 0 Å². The summed E-state index contributed by atoms with van der Waals surface area (Å²) in [6.07, 6.45) is 4.73. The van der Waals surface area contributed by atoms with Gasteiger partial charge in [0.05, 0.1) is 0 Å². The second-order valence-corrected chi connectivity index (χ2v) is 5.97. The molecule has 5 nitrogen and oxygen atoms in total. The van der Waals surface area contributed by atoms with Crippen molar-refractivity contribution in [2.75, 3.05) is 12.3 Å². The first-order valence-corrected chi connectivity index (χ1v) is 8.01. The zero-order valence-electron chi connectivity index (χ0n) is 13.4. The Labute approximate surface area is 147 Å². The molecule has 0 spiro atoms. The van der Waals surface area contributed by atoms with Crippen LogP contribution in [0, 0.1) is 0 Å². The quantitative estimate of drug-likeness (QED) is 0.741. The Morgan fingerprint density at radius 2 is 1.88 bits per heavy atom. The normalized spacial score (nSPS) is 12.8. The fourth-order valence-corrected chi connectivity index (χ4v) is 2.94. The Morgan fingerprint density at radius 1 is 1.17 bits per heavy atom. The summed E-state index contributed by atoms with van der Waals surface area (Å²) in [4.78, 5) is 27.2. The monoisotopic (exact) mass is 347 g/mol. The molecule has 1 aromatic heterocycles. The average molecular weight is 348 g/mol. The van der Waals surface area contributed by atoms with E-state index in [1.807, 2.05) is 24.3 Å². The van der Waals surface area contributed by atoms with Crippen LogP contribution in [-0.4, -0.2) is 17.4 Å². The summed E-state index contributed by atoms with van der Waals surface area (Å²) < 4.78 is 0. The van der Waals surface area contributed by atoms with Crippen molar-refractivity contribution in [1.29, 1.82) is 0 Å². The molecule has 128 valence electrons. The van der Waals surface area contributed by atoms with Crippen molar-refractivity contribution < 1.29 is 4.79 Å². The van der Waals surface area contributed by atoms with Crippen LogP contribution in [0.3, 0.4) is 0 Å². The maximum Gasteiger partial charge on any atom is 0.261 e. The summed E-state index contributed by atoms with van der Waals surface area (Å²) in [6.45, 7) is 0.485. The predicted octanol–water partition coefficient (Wildman–Crippen LogP) is 2.23. The summed E-state index contributed by atoms with van der Waals surface area (Å²) in [7, 11) is 0. The lowest BCUT2D eigenvalue weighted by molar-refractivity contribution is 0.0952. The lowest BCUT2D eigenvalue weighted by Crippen LogP contribution is -2.32. The van der Waals surface area contributed by atoms with Crippen LogP contribution in [0.5, 0.6) is 0 Å². The molecule has 6 heteroatoms. The zero-order valence-corrected chi connectivity index (χ0v) is 14.2. The Hall–Kier alpha value is -2.27. The van der Waals surface area contributed by atoms with Gasteiger partial charge >= 0.3 is 0 Å². The fourth-order valence-electron chi connectivity index (χ4n) is 2.94. The van der Waals surface area contributed by atoms with Crippen LogP contribution < -0.4 is 16.6 Å². The van der Waals surface area contributed by atoms with Crippen molar-refractivity contribution in [3.63, 3.8) is 0 Å². The third-order valence-corrected chi connectivity index (χ3v) is 4.26. The van der Waals surface area contributed by atoms with Gasteiger partial charge in [-0.15, -0.1) is 12.4 Å².